The van der Waals surface area contributed by atoms with Gasteiger partial charge in [0.15, 0.2) is 11.6 Å². The predicted octanol–water partition coefficient (Wildman–Crippen LogP) is 2.83. The van der Waals surface area contributed by atoms with Crippen LogP contribution in [0.15, 0.2) is 18.5 Å². The lowest BCUT2D eigenvalue weighted by atomic mass is 9.90. The molecule has 0 amide bonds. The largest absolute Gasteiger partial charge is 0.355 e. The highest BCUT2D eigenvalue weighted by molar-refractivity contribution is 5.89. The monoisotopic (exact) mass is 330 g/mol. The quantitative estimate of drug-likeness (QED) is 0.805. The molecule has 3 saturated heterocycles. The van der Waals surface area contributed by atoms with Crippen LogP contribution in [0.1, 0.15) is 19.3 Å². The van der Waals surface area contributed by atoms with Crippen molar-refractivity contribution in [2.24, 2.45) is 11.8 Å². The molecule has 1 aromatic carbocycles. The SMILES string of the molecule is Fc1cc2ncnc(N3C[C@@H]4CN5CCCC[C@H]5[C@H]4C3)c2cc1F. The zero-order valence-corrected chi connectivity index (χ0v) is 13.5. The predicted molar refractivity (Wildman–Crippen MR) is 87.9 cm³/mol. The molecule has 5 rings (SSSR count). The topological polar surface area (TPSA) is 32.3 Å². The summed E-state index contributed by atoms with van der Waals surface area (Å²) in [7, 11) is 0. The molecule has 0 unspecified atom stereocenters. The number of hydrogen-bond acceptors (Lipinski definition) is 4. The fourth-order valence-electron chi connectivity index (χ4n) is 5.02. The van der Waals surface area contributed by atoms with E-state index in [2.05, 4.69) is 19.8 Å². The van der Waals surface area contributed by atoms with Gasteiger partial charge < -0.3 is 4.90 Å². The molecular formula is C18H20F2N4. The van der Waals surface area contributed by atoms with E-state index in [-0.39, 0.29) is 0 Å². The minimum Gasteiger partial charge on any atom is -0.355 e. The Hall–Kier alpha value is -1.82. The number of anilines is 1. The Labute approximate surface area is 139 Å². The van der Waals surface area contributed by atoms with Crippen molar-refractivity contribution in [3.05, 3.63) is 30.1 Å². The van der Waals surface area contributed by atoms with Crippen LogP contribution < -0.4 is 4.90 Å². The summed E-state index contributed by atoms with van der Waals surface area (Å²) in [6.07, 6.45) is 5.39. The molecule has 24 heavy (non-hydrogen) atoms. The van der Waals surface area contributed by atoms with Crippen LogP contribution in [-0.4, -0.2) is 47.1 Å². The number of fused-ring (bicyclic) bond motifs is 4. The maximum atomic E-state index is 13.7. The fourth-order valence-corrected chi connectivity index (χ4v) is 5.02. The van der Waals surface area contributed by atoms with Crippen LogP contribution in [0.2, 0.25) is 0 Å². The van der Waals surface area contributed by atoms with Gasteiger partial charge in [-0.3, -0.25) is 4.90 Å². The van der Waals surface area contributed by atoms with Gasteiger partial charge in [-0.15, -0.1) is 0 Å². The van der Waals surface area contributed by atoms with Gasteiger partial charge in [-0.2, -0.15) is 0 Å². The van der Waals surface area contributed by atoms with Crippen LogP contribution in [0.3, 0.4) is 0 Å². The Morgan fingerprint density at radius 1 is 1.00 bits per heavy atom. The smallest absolute Gasteiger partial charge is 0.161 e. The molecule has 3 fully saturated rings. The number of aromatic nitrogens is 2. The summed E-state index contributed by atoms with van der Waals surface area (Å²) in [4.78, 5) is 13.4. The molecular weight excluding hydrogens is 310 g/mol. The lowest BCUT2D eigenvalue weighted by Crippen LogP contribution is -2.40. The average Bonchev–Trinajstić information content (AvgIpc) is 3.13. The number of halogens is 2. The minimum absolute atomic E-state index is 0.468. The summed E-state index contributed by atoms with van der Waals surface area (Å²) in [5, 5.41) is 0.608. The summed E-state index contributed by atoms with van der Waals surface area (Å²) in [5.41, 5.74) is 0.468. The number of piperidine rings is 1. The van der Waals surface area contributed by atoms with Crippen molar-refractivity contribution < 1.29 is 8.78 Å². The number of nitrogens with zero attached hydrogens (tertiary/aromatic N) is 4. The van der Waals surface area contributed by atoms with Crippen molar-refractivity contribution in [1.29, 1.82) is 0 Å². The highest BCUT2D eigenvalue weighted by Crippen LogP contribution is 2.42. The standard InChI is InChI=1S/C18H20F2N4/c19-14-5-12-16(6-15(14)20)21-10-22-18(12)24-8-11-7-23-4-2-1-3-17(23)13(11)9-24/h5-6,10-11,13,17H,1-4,7-9H2/t11-,13-,17-/m0/s1. The van der Waals surface area contributed by atoms with E-state index in [1.165, 1.54) is 38.2 Å². The van der Waals surface area contributed by atoms with Crippen molar-refractivity contribution >= 4 is 16.7 Å². The van der Waals surface area contributed by atoms with Crippen molar-refractivity contribution in [2.75, 3.05) is 31.1 Å². The van der Waals surface area contributed by atoms with E-state index in [0.29, 0.717) is 28.8 Å². The van der Waals surface area contributed by atoms with Crippen molar-refractivity contribution in [1.82, 2.24) is 14.9 Å². The molecule has 0 saturated carbocycles. The van der Waals surface area contributed by atoms with E-state index >= 15 is 0 Å². The van der Waals surface area contributed by atoms with E-state index in [4.69, 9.17) is 0 Å². The summed E-state index contributed by atoms with van der Waals surface area (Å²) < 4.78 is 27.2. The second kappa shape index (κ2) is 5.34. The maximum Gasteiger partial charge on any atom is 0.161 e. The van der Waals surface area contributed by atoms with Crippen LogP contribution in [-0.2, 0) is 0 Å². The second-order valence-corrected chi connectivity index (χ2v) is 7.37. The summed E-state index contributed by atoms with van der Waals surface area (Å²) in [6.45, 7) is 4.30. The molecule has 126 valence electrons. The Morgan fingerprint density at radius 2 is 1.88 bits per heavy atom. The first-order valence-electron chi connectivity index (χ1n) is 8.79. The lowest BCUT2D eigenvalue weighted by molar-refractivity contribution is 0.173. The molecule has 4 heterocycles. The number of hydrogen-bond donors (Lipinski definition) is 0. The van der Waals surface area contributed by atoms with Crippen molar-refractivity contribution in [2.45, 2.75) is 25.3 Å². The Bertz CT molecular complexity index is 796. The van der Waals surface area contributed by atoms with Gasteiger partial charge in [-0.05, 0) is 37.3 Å². The molecule has 0 bridgehead atoms. The zero-order valence-electron chi connectivity index (χ0n) is 13.5. The molecule has 3 aliphatic rings. The van der Waals surface area contributed by atoms with Crippen LogP contribution in [0.25, 0.3) is 10.9 Å². The van der Waals surface area contributed by atoms with Crippen LogP contribution in [0.4, 0.5) is 14.6 Å². The van der Waals surface area contributed by atoms with Crippen LogP contribution in [0, 0.1) is 23.5 Å². The Kier molecular flexibility index (Phi) is 3.23. The van der Waals surface area contributed by atoms with E-state index in [0.717, 1.165) is 31.5 Å². The van der Waals surface area contributed by atoms with Gasteiger partial charge in [0.2, 0.25) is 0 Å². The highest BCUT2D eigenvalue weighted by Gasteiger charge is 2.47. The molecule has 4 nitrogen and oxygen atoms in total. The van der Waals surface area contributed by atoms with E-state index in [1.54, 1.807) is 0 Å². The first-order valence-corrected chi connectivity index (χ1v) is 8.79. The number of rotatable bonds is 1. The van der Waals surface area contributed by atoms with Gasteiger partial charge in [-0.1, -0.05) is 6.42 Å². The summed E-state index contributed by atoms with van der Waals surface area (Å²) in [6, 6.07) is 3.09. The minimum atomic E-state index is -0.858. The second-order valence-electron chi connectivity index (χ2n) is 7.37. The molecule has 1 aromatic heterocycles. The van der Waals surface area contributed by atoms with E-state index < -0.39 is 11.6 Å². The van der Waals surface area contributed by atoms with Gasteiger partial charge >= 0.3 is 0 Å². The van der Waals surface area contributed by atoms with Gasteiger partial charge in [-0.25, -0.2) is 18.7 Å². The van der Waals surface area contributed by atoms with Crippen molar-refractivity contribution in [3.8, 4) is 0 Å². The third-order valence-corrected chi connectivity index (χ3v) is 6.07. The average molecular weight is 330 g/mol. The zero-order chi connectivity index (χ0) is 16.3. The molecule has 6 heteroatoms. The third-order valence-electron chi connectivity index (χ3n) is 6.07. The highest BCUT2D eigenvalue weighted by atomic mass is 19.2. The molecule has 0 N–H and O–H groups in total. The van der Waals surface area contributed by atoms with Gasteiger partial charge in [0.05, 0.1) is 5.52 Å². The molecule has 0 spiro atoms. The summed E-state index contributed by atoms with van der Waals surface area (Å²) in [5.74, 6) is 0.374. The van der Waals surface area contributed by atoms with Gasteiger partial charge in [0.1, 0.15) is 12.1 Å². The molecule has 3 atom stereocenters. The van der Waals surface area contributed by atoms with Gasteiger partial charge in [0, 0.05) is 37.1 Å². The Morgan fingerprint density at radius 3 is 2.79 bits per heavy atom. The van der Waals surface area contributed by atoms with Crippen LogP contribution in [0.5, 0.6) is 0 Å². The molecule has 2 aromatic rings. The van der Waals surface area contributed by atoms with E-state index in [9.17, 15) is 8.78 Å². The summed E-state index contributed by atoms with van der Waals surface area (Å²) >= 11 is 0. The van der Waals surface area contributed by atoms with Crippen molar-refractivity contribution in [3.63, 3.8) is 0 Å². The lowest BCUT2D eigenvalue weighted by Gasteiger charge is -2.33. The maximum absolute atomic E-state index is 13.7. The van der Waals surface area contributed by atoms with Crippen LogP contribution >= 0.6 is 0 Å². The first kappa shape index (κ1) is 14.5. The third kappa shape index (κ3) is 2.12. The number of benzene rings is 1. The first-order chi connectivity index (χ1) is 11.7. The molecule has 0 aliphatic carbocycles. The molecule has 0 radical (unpaired) electrons. The molecule has 3 aliphatic heterocycles. The van der Waals surface area contributed by atoms with Gasteiger partial charge in [0.25, 0.3) is 0 Å². The van der Waals surface area contributed by atoms with E-state index in [1.807, 2.05) is 0 Å². The normalized spacial score (nSPS) is 29.9. The fraction of sp³-hybridized carbons (Fsp3) is 0.556. The Balaban J connectivity index is 1.48.